The van der Waals surface area contributed by atoms with Crippen LogP contribution in [0.1, 0.15) is 15.9 Å². The van der Waals surface area contributed by atoms with E-state index in [1.165, 1.54) is 23.1 Å². The third-order valence-corrected chi connectivity index (χ3v) is 3.22. The molecule has 7 heteroatoms. The second-order valence-electron chi connectivity index (χ2n) is 4.51. The lowest BCUT2D eigenvalue weighted by molar-refractivity contribution is -0.138. The van der Waals surface area contributed by atoms with Gasteiger partial charge >= 0.3 is 6.18 Å². The first kappa shape index (κ1) is 14.8. The van der Waals surface area contributed by atoms with E-state index >= 15 is 0 Å². The third kappa shape index (κ3) is 2.94. The summed E-state index contributed by atoms with van der Waals surface area (Å²) in [5.41, 5.74) is 4.27. The van der Waals surface area contributed by atoms with Crippen LogP contribution in [-0.4, -0.2) is 43.2 Å². The van der Waals surface area contributed by atoms with Gasteiger partial charge in [0.15, 0.2) is 0 Å². The molecule has 1 unspecified atom stereocenters. The number of nitrogens with zero attached hydrogens (tertiary/aromatic N) is 1. The Labute approximate surface area is 114 Å². The highest BCUT2D eigenvalue weighted by atomic mass is 19.4. The molecule has 1 aliphatic heterocycles. The number of halogens is 3. The normalized spacial score (nSPS) is 20.0. The summed E-state index contributed by atoms with van der Waals surface area (Å²) >= 11 is 0. The number of nitrogens with two attached hydrogens (primary N) is 1. The minimum Gasteiger partial charge on any atom is -0.377 e. The van der Waals surface area contributed by atoms with Crippen LogP contribution >= 0.6 is 0 Å². The van der Waals surface area contributed by atoms with Crippen molar-refractivity contribution in [3.8, 4) is 0 Å². The SMILES string of the molecule is NCC1COCCN1C(=O)c1ccccc1C(F)(F)F. The summed E-state index contributed by atoms with van der Waals surface area (Å²) in [5.74, 6) is -0.656. The molecule has 4 nitrogen and oxygen atoms in total. The second kappa shape index (κ2) is 5.80. The zero-order valence-corrected chi connectivity index (χ0v) is 10.7. The quantitative estimate of drug-likeness (QED) is 0.897. The van der Waals surface area contributed by atoms with E-state index in [0.717, 1.165) is 6.07 Å². The Hall–Kier alpha value is -1.60. The minimum absolute atomic E-state index is 0.153. The van der Waals surface area contributed by atoms with E-state index in [2.05, 4.69) is 0 Å². The van der Waals surface area contributed by atoms with E-state index < -0.39 is 23.7 Å². The van der Waals surface area contributed by atoms with E-state index in [0.29, 0.717) is 6.61 Å². The number of hydrogen-bond donors (Lipinski definition) is 1. The van der Waals surface area contributed by atoms with Crippen molar-refractivity contribution < 1.29 is 22.7 Å². The number of carbonyl (C=O) groups excluding carboxylic acids is 1. The van der Waals surface area contributed by atoms with Crippen LogP contribution in [-0.2, 0) is 10.9 Å². The monoisotopic (exact) mass is 288 g/mol. The number of ether oxygens (including phenoxy) is 1. The lowest BCUT2D eigenvalue weighted by atomic mass is 10.0. The number of amides is 1. The smallest absolute Gasteiger partial charge is 0.377 e. The molecule has 0 radical (unpaired) electrons. The predicted octanol–water partition coefficient (Wildman–Crippen LogP) is 1.51. The molecular formula is C13H15F3N2O2. The van der Waals surface area contributed by atoms with Crippen molar-refractivity contribution in [2.75, 3.05) is 26.3 Å². The Morgan fingerprint density at radius 1 is 1.40 bits per heavy atom. The van der Waals surface area contributed by atoms with Gasteiger partial charge in [0, 0.05) is 13.1 Å². The van der Waals surface area contributed by atoms with Gasteiger partial charge in [-0.3, -0.25) is 4.79 Å². The van der Waals surface area contributed by atoms with Gasteiger partial charge in [-0.1, -0.05) is 12.1 Å². The van der Waals surface area contributed by atoms with E-state index in [1.807, 2.05) is 0 Å². The molecule has 1 atom stereocenters. The predicted molar refractivity (Wildman–Crippen MR) is 66.1 cm³/mol. The van der Waals surface area contributed by atoms with Gasteiger partial charge in [0.2, 0.25) is 0 Å². The third-order valence-electron chi connectivity index (χ3n) is 3.22. The van der Waals surface area contributed by atoms with Crippen LogP contribution < -0.4 is 5.73 Å². The molecule has 0 bridgehead atoms. The molecule has 0 spiro atoms. The number of rotatable bonds is 2. The summed E-state index contributed by atoms with van der Waals surface area (Å²) in [7, 11) is 0. The first-order valence-corrected chi connectivity index (χ1v) is 6.20. The summed E-state index contributed by atoms with van der Waals surface area (Å²) in [6.07, 6.45) is -4.56. The molecule has 1 saturated heterocycles. The number of hydrogen-bond acceptors (Lipinski definition) is 3. The van der Waals surface area contributed by atoms with Crippen LogP contribution in [0.3, 0.4) is 0 Å². The van der Waals surface area contributed by atoms with E-state index in [1.54, 1.807) is 0 Å². The Kier molecular flexibility index (Phi) is 4.29. The second-order valence-corrected chi connectivity index (χ2v) is 4.51. The van der Waals surface area contributed by atoms with Crippen molar-refractivity contribution in [3.63, 3.8) is 0 Å². The molecular weight excluding hydrogens is 273 g/mol. The fourth-order valence-electron chi connectivity index (χ4n) is 2.19. The van der Waals surface area contributed by atoms with Crippen molar-refractivity contribution in [3.05, 3.63) is 35.4 Å². The molecule has 1 aromatic carbocycles. The first-order valence-electron chi connectivity index (χ1n) is 6.20. The van der Waals surface area contributed by atoms with Crippen LogP contribution in [0.4, 0.5) is 13.2 Å². The number of carbonyl (C=O) groups is 1. The van der Waals surface area contributed by atoms with Gasteiger partial charge in [-0.05, 0) is 12.1 Å². The Morgan fingerprint density at radius 3 is 2.75 bits per heavy atom. The largest absolute Gasteiger partial charge is 0.417 e. The van der Waals surface area contributed by atoms with Crippen molar-refractivity contribution in [1.29, 1.82) is 0 Å². The molecule has 2 N–H and O–H groups in total. The highest BCUT2D eigenvalue weighted by molar-refractivity contribution is 5.96. The lowest BCUT2D eigenvalue weighted by Crippen LogP contribution is -2.52. The Morgan fingerprint density at radius 2 is 2.10 bits per heavy atom. The van der Waals surface area contributed by atoms with Gasteiger partial charge in [-0.15, -0.1) is 0 Å². The Bertz CT molecular complexity index is 491. The first-order chi connectivity index (χ1) is 9.45. The molecule has 1 fully saturated rings. The van der Waals surface area contributed by atoms with Crippen LogP contribution in [0.2, 0.25) is 0 Å². The van der Waals surface area contributed by atoms with Gasteiger partial charge in [0.1, 0.15) is 0 Å². The van der Waals surface area contributed by atoms with Crippen LogP contribution in [0, 0.1) is 0 Å². The molecule has 1 aliphatic rings. The van der Waals surface area contributed by atoms with Crippen LogP contribution in [0.5, 0.6) is 0 Å². The maximum atomic E-state index is 12.9. The summed E-state index contributed by atoms with van der Waals surface area (Å²) < 4.78 is 44.0. The number of benzene rings is 1. The molecule has 0 aliphatic carbocycles. The maximum absolute atomic E-state index is 12.9. The summed E-state index contributed by atoms with van der Waals surface area (Å²) in [5, 5.41) is 0. The fraction of sp³-hybridized carbons (Fsp3) is 0.462. The maximum Gasteiger partial charge on any atom is 0.417 e. The molecule has 1 amide bonds. The highest BCUT2D eigenvalue weighted by Gasteiger charge is 2.37. The number of morpholine rings is 1. The molecule has 0 saturated carbocycles. The molecule has 1 aromatic rings. The topological polar surface area (TPSA) is 55.6 Å². The average molecular weight is 288 g/mol. The Balaban J connectivity index is 2.33. The summed E-state index contributed by atoms with van der Waals surface area (Å²) in [4.78, 5) is 13.7. The highest BCUT2D eigenvalue weighted by Crippen LogP contribution is 2.32. The summed E-state index contributed by atoms with van der Waals surface area (Å²) in [6.45, 7) is 0.944. The van der Waals surface area contributed by atoms with Gasteiger partial charge in [-0.2, -0.15) is 13.2 Å². The average Bonchev–Trinajstić information content (AvgIpc) is 2.45. The molecule has 20 heavy (non-hydrogen) atoms. The molecule has 0 aromatic heterocycles. The molecule has 1 heterocycles. The summed E-state index contributed by atoms with van der Waals surface area (Å²) in [6, 6.07) is 4.39. The lowest BCUT2D eigenvalue weighted by Gasteiger charge is -2.35. The van der Waals surface area contributed by atoms with E-state index in [9.17, 15) is 18.0 Å². The zero-order chi connectivity index (χ0) is 14.8. The van der Waals surface area contributed by atoms with E-state index in [-0.39, 0.29) is 25.3 Å². The van der Waals surface area contributed by atoms with E-state index in [4.69, 9.17) is 10.5 Å². The van der Waals surface area contributed by atoms with Gasteiger partial charge < -0.3 is 15.4 Å². The van der Waals surface area contributed by atoms with Crippen molar-refractivity contribution in [1.82, 2.24) is 4.90 Å². The van der Waals surface area contributed by atoms with Gasteiger partial charge in [0.05, 0.1) is 30.4 Å². The van der Waals surface area contributed by atoms with Gasteiger partial charge in [0.25, 0.3) is 5.91 Å². The van der Waals surface area contributed by atoms with Crippen LogP contribution in [0.25, 0.3) is 0 Å². The zero-order valence-electron chi connectivity index (χ0n) is 10.7. The van der Waals surface area contributed by atoms with Crippen LogP contribution in [0.15, 0.2) is 24.3 Å². The van der Waals surface area contributed by atoms with Crippen molar-refractivity contribution >= 4 is 5.91 Å². The standard InChI is InChI=1S/C13H15F3N2O2/c14-13(15,16)11-4-2-1-3-10(11)12(19)18-5-6-20-8-9(18)7-17/h1-4,9H,5-8,17H2. The fourth-order valence-corrected chi connectivity index (χ4v) is 2.19. The van der Waals surface area contributed by atoms with Crippen molar-refractivity contribution in [2.24, 2.45) is 5.73 Å². The molecule has 2 rings (SSSR count). The van der Waals surface area contributed by atoms with Crippen molar-refractivity contribution in [2.45, 2.75) is 12.2 Å². The number of alkyl halides is 3. The molecule has 110 valence electrons. The minimum atomic E-state index is -4.56. The van der Waals surface area contributed by atoms with Gasteiger partial charge in [-0.25, -0.2) is 0 Å².